The van der Waals surface area contributed by atoms with E-state index in [9.17, 15) is 4.79 Å². The molecule has 0 bridgehead atoms. The maximum atomic E-state index is 12.1. The first kappa shape index (κ1) is 17.4. The monoisotopic (exact) mass is 355 g/mol. The molecule has 0 aliphatic rings. The summed E-state index contributed by atoms with van der Waals surface area (Å²) in [6.45, 7) is 2.61. The van der Waals surface area contributed by atoms with Crippen LogP contribution in [0, 0.1) is 0 Å². The Hall–Kier alpha value is -2.47. The van der Waals surface area contributed by atoms with Crippen molar-refractivity contribution < 1.29 is 9.53 Å². The van der Waals surface area contributed by atoms with E-state index in [-0.39, 0.29) is 5.91 Å². The lowest BCUT2D eigenvalue weighted by Gasteiger charge is -2.10. The summed E-state index contributed by atoms with van der Waals surface area (Å²) in [5, 5.41) is 0.855. The maximum absolute atomic E-state index is 12.1. The van der Waals surface area contributed by atoms with Crippen molar-refractivity contribution in [3.8, 4) is 5.75 Å². The van der Waals surface area contributed by atoms with Crippen molar-refractivity contribution in [1.82, 2.24) is 14.9 Å². The van der Waals surface area contributed by atoms with Crippen LogP contribution < -0.4 is 4.74 Å². The van der Waals surface area contributed by atoms with Crippen LogP contribution in [0.1, 0.15) is 22.8 Å². The van der Waals surface area contributed by atoms with E-state index in [4.69, 9.17) is 4.74 Å². The minimum Gasteiger partial charge on any atom is -0.494 e. The van der Waals surface area contributed by atoms with E-state index in [1.165, 1.54) is 0 Å². The molecule has 0 aliphatic carbocycles. The van der Waals surface area contributed by atoms with Gasteiger partial charge in [0, 0.05) is 31.5 Å². The number of imidazole rings is 1. The Balaban J connectivity index is 1.72. The Bertz CT molecular complexity index is 889. The molecule has 1 amide bonds. The third-order valence-corrected chi connectivity index (χ3v) is 4.64. The lowest BCUT2D eigenvalue weighted by atomic mass is 10.1. The predicted molar refractivity (Wildman–Crippen MR) is 101 cm³/mol. The average molecular weight is 355 g/mol. The van der Waals surface area contributed by atoms with E-state index in [0.29, 0.717) is 12.2 Å². The molecule has 0 unspecified atom stereocenters. The Morgan fingerprint density at radius 1 is 1.24 bits per heavy atom. The van der Waals surface area contributed by atoms with Gasteiger partial charge >= 0.3 is 0 Å². The average Bonchev–Trinajstić information content (AvgIpc) is 3.02. The molecule has 0 saturated carbocycles. The Morgan fingerprint density at radius 2 is 2.08 bits per heavy atom. The van der Waals surface area contributed by atoms with Crippen LogP contribution in [0.5, 0.6) is 5.75 Å². The summed E-state index contributed by atoms with van der Waals surface area (Å²) in [4.78, 5) is 21.6. The van der Waals surface area contributed by atoms with Crippen molar-refractivity contribution >= 4 is 28.7 Å². The molecule has 2 aromatic carbocycles. The van der Waals surface area contributed by atoms with Crippen LogP contribution in [-0.2, 0) is 5.75 Å². The second kappa shape index (κ2) is 7.61. The molecular weight excluding hydrogens is 334 g/mol. The minimum atomic E-state index is 0.0130. The number of ether oxygens (including phenoxy) is 1. The Morgan fingerprint density at radius 3 is 2.84 bits per heavy atom. The Labute approximate surface area is 151 Å². The summed E-state index contributed by atoms with van der Waals surface area (Å²) in [6, 6.07) is 13.6. The molecule has 0 fully saturated rings. The zero-order valence-electron chi connectivity index (χ0n) is 14.6. The molecule has 0 atom stereocenters. The number of nitrogens with zero attached hydrogens (tertiary/aromatic N) is 2. The molecule has 0 radical (unpaired) electrons. The standard InChI is InChI=1S/C19H21N3O2S/c1-4-24-15-8-9-16-17(11-15)21-19(20-16)25-12-13-6-5-7-14(10-13)18(23)22(2)3/h5-11H,4,12H2,1-3H3,(H,20,21). The molecule has 25 heavy (non-hydrogen) atoms. The molecule has 1 heterocycles. The van der Waals surface area contributed by atoms with Gasteiger partial charge in [-0.2, -0.15) is 0 Å². The minimum absolute atomic E-state index is 0.0130. The van der Waals surface area contributed by atoms with Gasteiger partial charge in [-0.15, -0.1) is 0 Å². The van der Waals surface area contributed by atoms with Crippen molar-refractivity contribution in [3.63, 3.8) is 0 Å². The van der Waals surface area contributed by atoms with Crippen LogP contribution in [0.4, 0.5) is 0 Å². The lowest BCUT2D eigenvalue weighted by Crippen LogP contribution is -2.21. The van der Waals surface area contributed by atoms with Crippen molar-refractivity contribution in [1.29, 1.82) is 0 Å². The molecule has 0 aliphatic heterocycles. The quantitative estimate of drug-likeness (QED) is 0.680. The number of aromatic nitrogens is 2. The first-order valence-electron chi connectivity index (χ1n) is 8.13. The number of benzene rings is 2. The SMILES string of the molecule is CCOc1ccc2nc(SCc3cccc(C(=O)N(C)C)c3)[nH]c2c1. The fraction of sp³-hybridized carbons (Fsp3) is 0.263. The Kier molecular flexibility index (Phi) is 5.28. The number of carbonyl (C=O) groups excluding carboxylic acids is 1. The van der Waals surface area contributed by atoms with E-state index in [1.807, 2.05) is 49.4 Å². The van der Waals surface area contributed by atoms with Gasteiger partial charge in [-0.25, -0.2) is 4.98 Å². The molecular formula is C19H21N3O2S. The molecule has 3 rings (SSSR count). The van der Waals surface area contributed by atoms with E-state index in [0.717, 1.165) is 33.3 Å². The second-order valence-electron chi connectivity index (χ2n) is 5.84. The number of nitrogens with one attached hydrogen (secondary N) is 1. The van der Waals surface area contributed by atoms with Gasteiger partial charge < -0.3 is 14.6 Å². The number of H-pyrrole nitrogens is 1. The lowest BCUT2D eigenvalue weighted by molar-refractivity contribution is 0.0827. The van der Waals surface area contributed by atoms with Crippen molar-refractivity contribution in [3.05, 3.63) is 53.6 Å². The van der Waals surface area contributed by atoms with Crippen LogP contribution >= 0.6 is 11.8 Å². The van der Waals surface area contributed by atoms with Gasteiger partial charge in [0.1, 0.15) is 5.75 Å². The zero-order chi connectivity index (χ0) is 17.8. The van der Waals surface area contributed by atoms with Crippen molar-refractivity contribution in [2.75, 3.05) is 20.7 Å². The summed E-state index contributed by atoms with van der Waals surface area (Å²) in [6.07, 6.45) is 0. The highest BCUT2D eigenvalue weighted by Gasteiger charge is 2.09. The number of rotatable bonds is 6. The highest BCUT2D eigenvalue weighted by atomic mass is 32.2. The number of amides is 1. The molecule has 130 valence electrons. The van der Waals surface area contributed by atoms with Crippen LogP contribution in [-0.4, -0.2) is 41.5 Å². The summed E-state index contributed by atoms with van der Waals surface area (Å²) in [5.41, 5.74) is 3.68. The van der Waals surface area contributed by atoms with E-state index < -0.39 is 0 Å². The molecule has 0 saturated heterocycles. The molecule has 5 nitrogen and oxygen atoms in total. The molecule has 0 spiro atoms. The summed E-state index contributed by atoms with van der Waals surface area (Å²) in [7, 11) is 3.52. The largest absolute Gasteiger partial charge is 0.494 e. The summed E-state index contributed by atoms with van der Waals surface area (Å²) in [5.74, 6) is 1.59. The second-order valence-corrected chi connectivity index (χ2v) is 6.81. The zero-order valence-corrected chi connectivity index (χ0v) is 15.4. The predicted octanol–water partition coefficient (Wildman–Crippen LogP) is 3.96. The fourth-order valence-electron chi connectivity index (χ4n) is 2.49. The normalized spacial score (nSPS) is 10.8. The molecule has 3 aromatic rings. The third kappa shape index (κ3) is 4.14. The number of fused-ring (bicyclic) bond motifs is 1. The number of aromatic amines is 1. The number of carbonyl (C=O) groups is 1. The number of thioether (sulfide) groups is 1. The smallest absolute Gasteiger partial charge is 0.253 e. The van der Waals surface area contributed by atoms with Gasteiger partial charge in [0.05, 0.1) is 17.6 Å². The first-order valence-corrected chi connectivity index (χ1v) is 9.11. The maximum Gasteiger partial charge on any atom is 0.253 e. The van der Waals surface area contributed by atoms with Gasteiger partial charge in [-0.3, -0.25) is 4.79 Å². The van der Waals surface area contributed by atoms with Crippen LogP contribution in [0.25, 0.3) is 11.0 Å². The summed E-state index contributed by atoms with van der Waals surface area (Å²) < 4.78 is 5.52. The van der Waals surface area contributed by atoms with Crippen molar-refractivity contribution in [2.24, 2.45) is 0 Å². The van der Waals surface area contributed by atoms with E-state index >= 15 is 0 Å². The van der Waals surface area contributed by atoms with Gasteiger partial charge in [0.15, 0.2) is 5.16 Å². The molecule has 1 N–H and O–H groups in total. The first-order chi connectivity index (χ1) is 12.1. The van der Waals surface area contributed by atoms with Crippen LogP contribution in [0.15, 0.2) is 47.6 Å². The number of hydrogen-bond acceptors (Lipinski definition) is 4. The van der Waals surface area contributed by atoms with Crippen molar-refractivity contribution in [2.45, 2.75) is 17.8 Å². The molecule has 6 heteroatoms. The topological polar surface area (TPSA) is 58.2 Å². The van der Waals surface area contributed by atoms with Gasteiger partial charge in [-0.05, 0) is 36.8 Å². The van der Waals surface area contributed by atoms with Gasteiger partial charge in [0.25, 0.3) is 5.91 Å². The number of hydrogen-bond donors (Lipinski definition) is 1. The highest BCUT2D eigenvalue weighted by molar-refractivity contribution is 7.98. The van der Waals surface area contributed by atoms with Crippen LogP contribution in [0.3, 0.4) is 0 Å². The molecule has 1 aromatic heterocycles. The summed E-state index contributed by atoms with van der Waals surface area (Å²) >= 11 is 1.61. The highest BCUT2D eigenvalue weighted by Crippen LogP contribution is 2.25. The van der Waals surface area contributed by atoms with Gasteiger partial charge in [-0.1, -0.05) is 23.9 Å². The van der Waals surface area contributed by atoms with E-state index in [1.54, 1.807) is 30.8 Å². The van der Waals surface area contributed by atoms with E-state index in [2.05, 4.69) is 9.97 Å². The fourth-order valence-corrected chi connectivity index (χ4v) is 3.32. The third-order valence-electron chi connectivity index (χ3n) is 3.70. The van der Waals surface area contributed by atoms with Gasteiger partial charge in [0.2, 0.25) is 0 Å². The van der Waals surface area contributed by atoms with Crippen LogP contribution in [0.2, 0.25) is 0 Å².